The van der Waals surface area contributed by atoms with Gasteiger partial charge in [0.1, 0.15) is 5.75 Å². The third-order valence-corrected chi connectivity index (χ3v) is 1.60. The van der Waals surface area contributed by atoms with Gasteiger partial charge in [-0.1, -0.05) is 18.2 Å². The van der Waals surface area contributed by atoms with Crippen molar-refractivity contribution in [3.8, 4) is 5.75 Å². The van der Waals surface area contributed by atoms with Gasteiger partial charge in [-0.25, -0.2) is 0 Å². The number of fused-ring (bicyclic) bond motifs is 1. The maximum Gasteiger partial charge on any atom is 0.130 e. The van der Waals surface area contributed by atoms with E-state index in [9.17, 15) is 0 Å². The van der Waals surface area contributed by atoms with Crippen molar-refractivity contribution in [2.24, 2.45) is 0 Å². The van der Waals surface area contributed by atoms with E-state index in [0.717, 1.165) is 12.2 Å². The van der Waals surface area contributed by atoms with Crippen molar-refractivity contribution < 1.29 is 72.4 Å². The first kappa shape index (κ1) is 20.3. The van der Waals surface area contributed by atoms with Gasteiger partial charge in [0.25, 0.3) is 0 Å². The van der Waals surface area contributed by atoms with Crippen molar-refractivity contribution in [1.29, 1.82) is 0 Å². The Morgan fingerprint density at radius 3 is 2.43 bits per heavy atom. The van der Waals surface area contributed by atoms with Gasteiger partial charge in [-0.3, -0.25) is 0 Å². The number of ether oxygens (including phenoxy) is 1. The third kappa shape index (κ3) is 5.05. The molecular weight excluding hydrogens is 357 g/mol. The van der Waals surface area contributed by atoms with Crippen molar-refractivity contribution in [1.82, 2.24) is 0 Å². The van der Waals surface area contributed by atoms with Crippen LogP contribution in [0, 0.1) is 0 Å². The van der Waals surface area contributed by atoms with Gasteiger partial charge in [0.2, 0.25) is 0 Å². The van der Waals surface area contributed by atoms with Crippen LogP contribution < -0.4 is 4.74 Å². The molecular formula is C9H8CuFeMnNiO. The molecule has 5 heteroatoms. The minimum Gasteiger partial charge on any atom is -0.465 e. The second-order valence-electron chi connectivity index (χ2n) is 2.30. The second kappa shape index (κ2) is 10.3. The number of allylic oxidation sites excluding steroid dienone is 1. The van der Waals surface area contributed by atoms with Crippen molar-refractivity contribution in [2.45, 2.75) is 6.42 Å². The summed E-state index contributed by atoms with van der Waals surface area (Å²) in [5.41, 5.74) is 1.27. The zero-order chi connectivity index (χ0) is 6.81. The first-order valence-electron chi connectivity index (χ1n) is 3.36. The van der Waals surface area contributed by atoms with Crippen molar-refractivity contribution in [2.75, 3.05) is 0 Å². The van der Waals surface area contributed by atoms with Gasteiger partial charge in [0.15, 0.2) is 0 Å². The normalized spacial score (nSPS) is 10.0. The van der Waals surface area contributed by atoms with E-state index in [0.29, 0.717) is 0 Å². The van der Waals surface area contributed by atoms with E-state index in [1.54, 1.807) is 6.26 Å². The number of benzene rings is 1. The molecule has 0 saturated carbocycles. The van der Waals surface area contributed by atoms with Crippen LogP contribution in [0.1, 0.15) is 5.56 Å². The Balaban J connectivity index is -0.000000302. The molecule has 1 aliphatic heterocycles. The molecule has 0 amide bonds. The van der Waals surface area contributed by atoms with Crippen molar-refractivity contribution >= 4 is 0 Å². The van der Waals surface area contributed by atoms with E-state index < -0.39 is 0 Å². The first-order chi connectivity index (χ1) is 4.97. The largest absolute Gasteiger partial charge is 0.465 e. The van der Waals surface area contributed by atoms with E-state index in [4.69, 9.17) is 4.74 Å². The molecule has 1 heterocycles. The van der Waals surface area contributed by atoms with E-state index in [2.05, 4.69) is 6.07 Å². The van der Waals surface area contributed by atoms with Gasteiger partial charge >= 0.3 is 0 Å². The number of hydrogen-bond donors (Lipinski definition) is 0. The Kier molecular flexibility index (Phi) is 14.9. The Morgan fingerprint density at radius 2 is 1.79 bits per heavy atom. The van der Waals surface area contributed by atoms with Crippen molar-refractivity contribution in [3.05, 3.63) is 42.2 Å². The molecule has 14 heavy (non-hydrogen) atoms. The molecule has 86 valence electrons. The Labute approximate surface area is 126 Å². The summed E-state index contributed by atoms with van der Waals surface area (Å²) >= 11 is 0. The molecule has 2 rings (SSSR count). The van der Waals surface area contributed by atoms with Crippen LogP contribution in [-0.4, -0.2) is 0 Å². The van der Waals surface area contributed by atoms with E-state index in [1.165, 1.54) is 5.56 Å². The monoisotopic (exact) mass is 364 g/mol. The minimum atomic E-state index is 0. The molecule has 0 bridgehead atoms. The molecule has 0 unspecified atom stereocenters. The minimum absolute atomic E-state index is 0. The fourth-order valence-corrected chi connectivity index (χ4v) is 1.08. The molecule has 1 nitrogen and oxygen atoms in total. The van der Waals surface area contributed by atoms with Crippen LogP contribution in [-0.2, 0) is 74.1 Å². The van der Waals surface area contributed by atoms with Crippen LogP contribution in [0.3, 0.4) is 0 Å². The van der Waals surface area contributed by atoms with Gasteiger partial charge < -0.3 is 4.74 Å². The summed E-state index contributed by atoms with van der Waals surface area (Å²) in [7, 11) is 0. The molecule has 1 aromatic rings. The van der Waals surface area contributed by atoms with Crippen molar-refractivity contribution in [3.63, 3.8) is 0 Å². The second-order valence-corrected chi connectivity index (χ2v) is 2.30. The van der Waals surface area contributed by atoms with E-state index in [1.807, 2.05) is 24.3 Å². The van der Waals surface area contributed by atoms with Gasteiger partial charge in [-0.2, -0.15) is 0 Å². The quantitative estimate of drug-likeness (QED) is 0.641. The molecule has 1 aliphatic rings. The average Bonchev–Trinajstić information content (AvgIpc) is 2.05. The molecule has 0 spiro atoms. The predicted molar refractivity (Wildman–Crippen MR) is 39.9 cm³/mol. The van der Waals surface area contributed by atoms with Crippen LogP contribution in [0.2, 0.25) is 0 Å². The predicted octanol–water partition coefficient (Wildman–Crippen LogP) is 2.13. The van der Waals surface area contributed by atoms with Crippen LogP contribution in [0.15, 0.2) is 36.6 Å². The fraction of sp³-hybridized carbons (Fsp3) is 0.111. The fourth-order valence-electron chi connectivity index (χ4n) is 1.08. The maximum atomic E-state index is 5.24. The summed E-state index contributed by atoms with van der Waals surface area (Å²) in [6.45, 7) is 0. The van der Waals surface area contributed by atoms with Gasteiger partial charge in [-0.05, 0) is 24.1 Å². The summed E-state index contributed by atoms with van der Waals surface area (Å²) in [6, 6.07) is 8.08. The molecule has 0 atom stereocenters. The molecule has 0 N–H and O–H groups in total. The molecule has 0 saturated heterocycles. The Hall–Kier alpha value is 0.812. The summed E-state index contributed by atoms with van der Waals surface area (Å²) in [5.74, 6) is 0.991. The van der Waals surface area contributed by atoms with E-state index in [-0.39, 0.29) is 67.7 Å². The zero-order valence-electron chi connectivity index (χ0n) is 6.93. The van der Waals surface area contributed by atoms with Crippen LogP contribution in [0.5, 0.6) is 5.75 Å². The SMILES string of the molecule is C1=COc2ccccc2C1.[Cu].[Fe].[Mn].[Ni]. The smallest absolute Gasteiger partial charge is 0.130 e. The number of para-hydroxylation sites is 1. The van der Waals surface area contributed by atoms with E-state index >= 15 is 0 Å². The standard InChI is InChI=1S/C9H8O.Cu.Fe.Mn.Ni/c1-2-6-9-8(4-1)5-3-7-10-9;;;;/h1-4,6-7H,5H2;;;;. The Morgan fingerprint density at radius 1 is 1.14 bits per heavy atom. The van der Waals surface area contributed by atoms with Crippen LogP contribution in [0.25, 0.3) is 0 Å². The van der Waals surface area contributed by atoms with Gasteiger partial charge in [0, 0.05) is 67.7 Å². The molecule has 0 aliphatic carbocycles. The Bertz CT molecular complexity index is 256. The summed E-state index contributed by atoms with van der Waals surface area (Å²) < 4.78 is 5.24. The summed E-state index contributed by atoms with van der Waals surface area (Å²) in [5, 5.41) is 0. The first-order valence-corrected chi connectivity index (χ1v) is 3.36. The molecule has 0 aromatic heterocycles. The zero-order valence-corrected chi connectivity index (χ0v) is 11.1. The number of hydrogen-bond acceptors (Lipinski definition) is 1. The maximum absolute atomic E-state index is 5.24. The van der Waals surface area contributed by atoms with Gasteiger partial charge in [0.05, 0.1) is 6.26 Å². The van der Waals surface area contributed by atoms with Crippen LogP contribution >= 0.6 is 0 Å². The average molecular weight is 365 g/mol. The number of rotatable bonds is 0. The summed E-state index contributed by atoms with van der Waals surface area (Å²) in [6.07, 6.45) is 4.75. The van der Waals surface area contributed by atoms with Crippen LogP contribution in [0.4, 0.5) is 0 Å². The topological polar surface area (TPSA) is 9.23 Å². The molecule has 1 aromatic carbocycles. The van der Waals surface area contributed by atoms with Gasteiger partial charge in [-0.15, -0.1) is 0 Å². The summed E-state index contributed by atoms with van der Waals surface area (Å²) in [4.78, 5) is 0. The molecule has 2 radical (unpaired) electrons. The third-order valence-electron chi connectivity index (χ3n) is 1.60. The molecule has 0 fully saturated rings.